The van der Waals surface area contributed by atoms with Crippen LogP contribution in [-0.4, -0.2) is 32.3 Å². The second-order valence-corrected chi connectivity index (χ2v) is 5.56. The number of rotatable bonds is 2. The van der Waals surface area contributed by atoms with Crippen LogP contribution in [0.4, 0.5) is 0 Å². The molecule has 1 heterocycles. The molecule has 0 aromatic rings. The Morgan fingerprint density at radius 1 is 1.55 bits per heavy atom. The Labute approximate surface area is 69.9 Å². The fraction of sp³-hybridized carbons (Fsp3) is 1.00. The van der Waals surface area contributed by atoms with Crippen molar-refractivity contribution in [3.8, 4) is 0 Å². The van der Waals surface area contributed by atoms with E-state index in [0.717, 1.165) is 19.5 Å². The molecule has 0 aromatic carbocycles. The molecule has 2 N–H and O–H groups in total. The van der Waals surface area contributed by atoms with Gasteiger partial charge in [-0.1, -0.05) is 6.92 Å². The van der Waals surface area contributed by atoms with E-state index in [4.69, 9.17) is 0 Å². The summed E-state index contributed by atoms with van der Waals surface area (Å²) in [5, 5.41) is 0. The zero-order valence-electron chi connectivity index (χ0n) is 7.16. The van der Waals surface area contributed by atoms with Crippen LogP contribution in [0.1, 0.15) is 20.3 Å². The fourth-order valence-electron chi connectivity index (χ4n) is 1.34. The summed E-state index contributed by atoms with van der Waals surface area (Å²) in [6.07, 6.45) is 1.09. The molecule has 1 aliphatic rings. The third-order valence-electron chi connectivity index (χ3n) is 2.19. The summed E-state index contributed by atoms with van der Waals surface area (Å²) in [4.78, 5) is 0. The highest BCUT2D eigenvalue weighted by atomic mass is 32.3. The molecule has 1 rings (SSSR count). The molecular weight excluding hydrogens is 162 g/mol. The predicted molar refractivity (Wildman–Crippen MR) is 48.7 cm³/mol. The molecule has 0 amide bonds. The van der Waals surface area contributed by atoms with Crippen LogP contribution in [0.15, 0.2) is 0 Å². The van der Waals surface area contributed by atoms with Crippen molar-refractivity contribution >= 4 is 10.8 Å². The Hall–Kier alpha value is 0.230. The maximum Gasteiger partial charge on any atom is 0.0502 e. The monoisotopic (exact) mass is 179 g/mol. The van der Waals surface area contributed by atoms with Gasteiger partial charge in [-0.3, -0.25) is 9.11 Å². The molecule has 1 unspecified atom stereocenters. The molecule has 1 fully saturated rings. The lowest BCUT2D eigenvalue weighted by Gasteiger charge is -2.39. The SMILES string of the molecule is CCS(O)(O)N1CCC(C)C1. The molecule has 11 heavy (non-hydrogen) atoms. The van der Waals surface area contributed by atoms with Crippen molar-refractivity contribution in [1.29, 1.82) is 0 Å². The summed E-state index contributed by atoms with van der Waals surface area (Å²) in [6, 6.07) is 0. The summed E-state index contributed by atoms with van der Waals surface area (Å²) in [6.45, 7) is 5.65. The maximum absolute atomic E-state index is 9.51. The molecule has 1 aliphatic heterocycles. The average Bonchev–Trinajstić information content (AvgIpc) is 2.36. The lowest BCUT2D eigenvalue weighted by atomic mass is 10.2. The van der Waals surface area contributed by atoms with Gasteiger partial charge in [0.1, 0.15) is 0 Å². The molecular formula is C7H17NO2S. The highest BCUT2D eigenvalue weighted by molar-refractivity contribution is 8.22. The van der Waals surface area contributed by atoms with Gasteiger partial charge in [0.15, 0.2) is 0 Å². The Bertz CT molecular complexity index is 140. The molecule has 0 bridgehead atoms. The van der Waals surface area contributed by atoms with Gasteiger partial charge in [0.25, 0.3) is 0 Å². The number of nitrogens with zero attached hydrogens (tertiary/aromatic N) is 1. The van der Waals surface area contributed by atoms with E-state index in [2.05, 4.69) is 6.92 Å². The van der Waals surface area contributed by atoms with Crippen molar-refractivity contribution in [2.45, 2.75) is 20.3 Å². The summed E-state index contributed by atoms with van der Waals surface area (Å²) < 4.78 is 20.8. The minimum atomic E-state index is -2.40. The van der Waals surface area contributed by atoms with E-state index in [1.165, 1.54) is 0 Å². The topological polar surface area (TPSA) is 43.7 Å². The highest BCUT2D eigenvalue weighted by Crippen LogP contribution is 2.45. The summed E-state index contributed by atoms with van der Waals surface area (Å²) in [7, 11) is -2.40. The Balaban J connectivity index is 2.48. The highest BCUT2D eigenvalue weighted by Gasteiger charge is 2.27. The normalized spacial score (nSPS) is 29.3. The molecule has 0 radical (unpaired) electrons. The van der Waals surface area contributed by atoms with Gasteiger partial charge in [0, 0.05) is 13.1 Å². The van der Waals surface area contributed by atoms with Crippen molar-refractivity contribution in [3.05, 3.63) is 0 Å². The van der Waals surface area contributed by atoms with E-state index >= 15 is 0 Å². The van der Waals surface area contributed by atoms with Gasteiger partial charge in [0.05, 0.1) is 5.75 Å². The molecule has 4 heteroatoms. The second kappa shape index (κ2) is 3.31. The van der Waals surface area contributed by atoms with Crippen molar-refractivity contribution in [2.75, 3.05) is 18.8 Å². The van der Waals surface area contributed by atoms with E-state index in [9.17, 15) is 9.11 Å². The van der Waals surface area contributed by atoms with Crippen LogP contribution in [0.5, 0.6) is 0 Å². The second-order valence-electron chi connectivity index (χ2n) is 3.20. The minimum Gasteiger partial charge on any atom is -0.285 e. The van der Waals surface area contributed by atoms with Gasteiger partial charge in [0.2, 0.25) is 0 Å². The van der Waals surface area contributed by atoms with Gasteiger partial charge in [-0.25, -0.2) is 4.31 Å². The zero-order chi connectivity index (χ0) is 8.48. The van der Waals surface area contributed by atoms with Crippen molar-refractivity contribution in [2.24, 2.45) is 5.92 Å². The molecule has 0 aliphatic carbocycles. The summed E-state index contributed by atoms with van der Waals surface area (Å²) in [5.74, 6) is 1.08. The minimum absolute atomic E-state index is 0.458. The molecule has 3 nitrogen and oxygen atoms in total. The van der Waals surface area contributed by atoms with E-state index in [1.807, 2.05) is 11.2 Å². The Morgan fingerprint density at radius 3 is 2.55 bits per heavy atom. The van der Waals surface area contributed by atoms with Gasteiger partial charge >= 0.3 is 0 Å². The molecule has 0 saturated carbocycles. The first-order valence-electron chi connectivity index (χ1n) is 4.07. The first-order chi connectivity index (χ1) is 5.06. The lowest BCUT2D eigenvalue weighted by Crippen LogP contribution is -2.26. The maximum atomic E-state index is 9.51. The molecule has 0 spiro atoms. The van der Waals surface area contributed by atoms with Gasteiger partial charge in [-0.2, -0.15) is 0 Å². The van der Waals surface area contributed by atoms with Crippen molar-refractivity contribution < 1.29 is 9.11 Å². The Morgan fingerprint density at radius 2 is 2.18 bits per heavy atom. The molecule has 1 atom stereocenters. The average molecular weight is 179 g/mol. The van der Waals surface area contributed by atoms with Crippen LogP contribution in [0, 0.1) is 5.92 Å². The van der Waals surface area contributed by atoms with Crippen LogP contribution in [0.3, 0.4) is 0 Å². The fourth-order valence-corrected chi connectivity index (χ4v) is 2.60. The van der Waals surface area contributed by atoms with Gasteiger partial charge in [-0.05, 0) is 19.3 Å². The standard InChI is InChI=1S/C7H17NO2S/c1-3-11(9,10)8-5-4-7(2)6-8/h7,9-10H,3-6H2,1-2H3. The lowest BCUT2D eigenvalue weighted by molar-refractivity contribution is 0.381. The smallest absolute Gasteiger partial charge is 0.0502 e. The molecule has 68 valence electrons. The molecule has 1 saturated heterocycles. The van der Waals surface area contributed by atoms with Crippen LogP contribution < -0.4 is 0 Å². The zero-order valence-corrected chi connectivity index (χ0v) is 7.97. The van der Waals surface area contributed by atoms with Crippen molar-refractivity contribution in [3.63, 3.8) is 0 Å². The summed E-state index contributed by atoms with van der Waals surface area (Å²) >= 11 is 0. The van der Waals surface area contributed by atoms with Gasteiger partial charge in [-0.15, -0.1) is 10.8 Å². The molecule has 0 aromatic heterocycles. The van der Waals surface area contributed by atoms with Crippen LogP contribution in [0.25, 0.3) is 0 Å². The van der Waals surface area contributed by atoms with E-state index < -0.39 is 10.8 Å². The quantitative estimate of drug-likeness (QED) is 0.681. The van der Waals surface area contributed by atoms with Crippen molar-refractivity contribution in [1.82, 2.24) is 4.31 Å². The van der Waals surface area contributed by atoms with E-state index in [0.29, 0.717) is 11.7 Å². The first-order valence-corrected chi connectivity index (χ1v) is 5.74. The number of hydrogen-bond acceptors (Lipinski definition) is 3. The largest absolute Gasteiger partial charge is 0.285 e. The van der Waals surface area contributed by atoms with E-state index in [1.54, 1.807) is 0 Å². The van der Waals surface area contributed by atoms with Crippen LogP contribution in [-0.2, 0) is 0 Å². The van der Waals surface area contributed by atoms with Crippen LogP contribution >= 0.6 is 10.8 Å². The number of hydrogen-bond donors (Lipinski definition) is 2. The van der Waals surface area contributed by atoms with Crippen LogP contribution in [0.2, 0.25) is 0 Å². The van der Waals surface area contributed by atoms with E-state index in [-0.39, 0.29) is 0 Å². The Kier molecular flexibility index (Phi) is 2.80. The summed E-state index contributed by atoms with van der Waals surface area (Å²) in [5.41, 5.74) is 0. The third-order valence-corrected chi connectivity index (χ3v) is 4.12. The van der Waals surface area contributed by atoms with Gasteiger partial charge < -0.3 is 0 Å². The predicted octanol–water partition coefficient (Wildman–Crippen LogP) is 2.01. The first kappa shape index (κ1) is 9.32. The third kappa shape index (κ3) is 2.08.